The van der Waals surface area contributed by atoms with Gasteiger partial charge in [0.25, 0.3) is 5.91 Å². The minimum Gasteiger partial charge on any atom is -0.385 e. The summed E-state index contributed by atoms with van der Waals surface area (Å²) >= 11 is 5.88. The van der Waals surface area contributed by atoms with Crippen molar-refractivity contribution < 1.29 is 9.18 Å². The number of benzene rings is 1. The van der Waals surface area contributed by atoms with Crippen LogP contribution < -0.4 is 10.6 Å². The number of hydrogen-bond acceptors (Lipinski definition) is 3. The fourth-order valence-electron chi connectivity index (χ4n) is 1.72. The highest BCUT2D eigenvalue weighted by molar-refractivity contribution is 6.34. The van der Waals surface area contributed by atoms with Gasteiger partial charge in [0.2, 0.25) is 0 Å². The van der Waals surface area contributed by atoms with Crippen molar-refractivity contribution in [1.82, 2.24) is 4.98 Å². The Morgan fingerprint density at radius 1 is 1.40 bits per heavy atom. The molecule has 4 nitrogen and oxygen atoms in total. The second-order valence-corrected chi connectivity index (χ2v) is 4.41. The number of halogens is 2. The third-order valence-corrected chi connectivity index (χ3v) is 2.95. The number of carbonyl (C=O) groups excluding carboxylic acids is 1. The van der Waals surface area contributed by atoms with Crippen molar-refractivity contribution >= 4 is 28.9 Å². The first-order valence-electron chi connectivity index (χ1n) is 6.06. The largest absolute Gasteiger partial charge is 0.385 e. The Balaban J connectivity index is 2.29. The monoisotopic (exact) mass is 293 g/mol. The van der Waals surface area contributed by atoms with Gasteiger partial charge in [0.05, 0.1) is 22.0 Å². The molecule has 0 radical (unpaired) electrons. The number of nitrogens with zero attached hydrogens (tertiary/aromatic N) is 1. The van der Waals surface area contributed by atoms with Crippen molar-refractivity contribution in [3.05, 3.63) is 53.1 Å². The molecule has 0 spiro atoms. The van der Waals surface area contributed by atoms with E-state index in [9.17, 15) is 9.18 Å². The highest BCUT2D eigenvalue weighted by atomic mass is 35.5. The van der Waals surface area contributed by atoms with Crippen molar-refractivity contribution in [1.29, 1.82) is 0 Å². The van der Waals surface area contributed by atoms with Crippen LogP contribution in [0, 0.1) is 5.82 Å². The molecule has 1 aromatic heterocycles. The summed E-state index contributed by atoms with van der Waals surface area (Å²) in [6.07, 6.45) is 2.99. The zero-order valence-electron chi connectivity index (χ0n) is 10.8. The average Bonchev–Trinajstić information content (AvgIpc) is 2.44. The van der Waals surface area contributed by atoms with Gasteiger partial charge in [-0.3, -0.25) is 9.78 Å². The molecular weight excluding hydrogens is 281 g/mol. The molecule has 0 fully saturated rings. The minimum absolute atomic E-state index is 0.0366. The van der Waals surface area contributed by atoms with Gasteiger partial charge in [-0.25, -0.2) is 4.39 Å². The Kier molecular flexibility index (Phi) is 4.53. The van der Waals surface area contributed by atoms with Gasteiger partial charge in [0, 0.05) is 18.9 Å². The number of pyridine rings is 1. The molecule has 0 aliphatic carbocycles. The van der Waals surface area contributed by atoms with E-state index in [4.69, 9.17) is 11.6 Å². The molecule has 2 aromatic rings. The van der Waals surface area contributed by atoms with Crippen molar-refractivity contribution in [3.8, 4) is 0 Å². The van der Waals surface area contributed by atoms with Gasteiger partial charge in [-0.05, 0) is 25.1 Å². The summed E-state index contributed by atoms with van der Waals surface area (Å²) in [6.45, 7) is 2.57. The van der Waals surface area contributed by atoms with E-state index in [2.05, 4.69) is 15.6 Å². The Bertz CT molecular complexity index is 613. The summed E-state index contributed by atoms with van der Waals surface area (Å²) in [6, 6.07) is 5.90. The van der Waals surface area contributed by atoms with Gasteiger partial charge in [0.15, 0.2) is 0 Å². The Labute approximate surface area is 121 Å². The van der Waals surface area contributed by atoms with Crippen molar-refractivity contribution in [2.24, 2.45) is 0 Å². The van der Waals surface area contributed by atoms with E-state index >= 15 is 0 Å². The molecule has 2 rings (SSSR count). The lowest BCUT2D eigenvalue weighted by atomic mass is 10.2. The normalized spacial score (nSPS) is 10.2. The van der Waals surface area contributed by atoms with Crippen molar-refractivity contribution in [2.75, 3.05) is 17.2 Å². The second kappa shape index (κ2) is 6.34. The van der Waals surface area contributed by atoms with E-state index < -0.39 is 11.7 Å². The Morgan fingerprint density at radius 3 is 2.90 bits per heavy atom. The molecule has 1 heterocycles. The molecule has 0 aliphatic heterocycles. The minimum atomic E-state index is -0.584. The van der Waals surface area contributed by atoms with E-state index in [1.54, 1.807) is 12.3 Å². The van der Waals surface area contributed by atoms with E-state index in [0.29, 0.717) is 17.8 Å². The number of anilines is 2. The third kappa shape index (κ3) is 3.05. The predicted molar refractivity (Wildman–Crippen MR) is 77.8 cm³/mol. The molecule has 6 heteroatoms. The number of nitrogens with one attached hydrogen (secondary N) is 2. The lowest BCUT2D eigenvalue weighted by Crippen LogP contribution is -2.16. The lowest BCUT2D eigenvalue weighted by Gasteiger charge is -2.11. The standard InChI is InChI=1S/C14H13ClFN3O/c1-2-18-12-6-7-17-8-9(12)14(20)19-13-10(15)4-3-5-11(13)16/h3-8H,2H2,1H3,(H,17,18)(H,19,20). The van der Waals surface area contributed by atoms with Gasteiger partial charge in [-0.1, -0.05) is 17.7 Å². The van der Waals surface area contributed by atoms with Crippen LogP contribution in [-0.2, 0) is 0 Å². The number of hydrogen-bond donors (Lipinski definition) is 2. The van der Waals surface area contributed by atoms with E-state index in [1.807, 2.05) is 6.92 Å². The molecule has 2 N–H and O–H groups in total. The van der Waals surface area contributed by atoms with E-state index in [1.165, 1.54) is 24.4 Å². The first-order valence-corrected chi connectivity index (χ1v) is 6.44. The Morgan fingerprint density at radius 2 is 2.20 bits per heavy atom. The molecule has 0 atom stereocenters. The molecule has 0 aliphatic rings. The summed E-state index contributed by atoms with van der Waals surface area (Å²) in [5.41, 5.74) is 0.923. The fourth-order valence-corrected chi connectivity index (χ4v) is 1.93. The quantitative estimate of drug-likeness (QED) is 0.906. The van der Waals surface area contributed by atoms with Crippen LogP contribution in [0.4, 0.5) is 15.8 Å². The SMILES string of the molecule is CCNc1ccncc1C(=O)Nc1c(F)cccc1Cl. The summed E-state index contributed by atoms with van der Waals surface area (Å²) in [7, 11) is 0. The van der Waals surface area contributed by atoms with Crippen LogP contribution in [-0.4, -0.2) is 17.4 Å². The molecule has 1 aromatic carbocycles. The summed E-state index contributed by atoms with van der Waals surface area (Å²) < 4.78 is 13.6. The number of rotatable bonds is 4. The molecular formula is C14H13ClFN3O. The first-order chi connectivity index (χ1) is 9.63. The summed E-state index contributed by atoms with van der Waals surface area (Å²) in [5, 5.41) is 5.66. The Hall–Kier alpha value is -2.14. The lowest BCUT2D eigenvalue weighted by molar-refractivity contribution is 0.102. The molecule has 0 bridgehead atoms. The van der Waals surface area contributed by atoms with Gasteiger partial charge in [-0.15, -0.1) is 0 Å². The van der Waals surface area contributed by atoms with Crippen LogP contribution in [0.15, 0.2) is 36.7 Å². The third-order valence-electron chi connectivity index (χ3n) is 2.63. The molecule has 0 unspecified atom stereocenters. The molecule has 0 saturated heterocycles. The number of amides is 1. The molecule has 104 valence electrons. The maximum Gasteiger partial charge on any atom is 0.259 e. The highest BCUT2D eigenvalue weighted by Gasteiger charge is 2.15. The van der Waals surface area contributed by atoms with Crippen LogP contribution in [0.3, 0.4) is 0 Å². The van der Waals surface area contributed by atoms with Gasteiger partial charge in [0.1, 0.15) is 5.82 Å². The zero-order valence-corrected chi connectivity index (χ0v) is 11.5. The van der Waals surface area contributed by atoms with E-state index in [-0.39, 0.29) is 10.7 Å². The van der Waals surface area contributed by atoms with Crippen molar-refractivity contribution in [3.63, 3.8) is 0 Å². The molecule has 20 heavy (non-hydrogen) atoms. The fraction of sp³-hybridized carbons (Fsp3) is 0.143. The molecule has 0 saturated carbocycles. The van der Waals surface area contributed by atoms with Crippen molar-refractivity contribution in [2.45, 2.75) is 6.92 Å². The summed E-state index contributed by atoms with van der Waals surface area (Å²) in [4.78, 5) is 16.1. The average molecular weight is 294 g/mol. The van der Waals surface area contributed by atoms with Crippen LogP contribution >= 0.6 is 11.6 Å². The number of aromatic nitrogens is 1. The van der Waals surface area contributed by atoms with Gasteiger partial charge in [-0.2, -0.15) is 0 Å². The highest BCUT2D eigenvalue weighted by Crippen LogP contribution is 2.26. The molecule has 1 amide bonds. The number of para-hydroxylation sites is 1. The van der Waals surface area contributed by atoms with Crippen LogP contribution in [0.25, 0.3) is 0 Å². The van der Waals surface area contributed by atoms with Crippen LogP contribution in [0.5, 0.6) is 0 Å². The summed E-state index contributed by atoms with van der Waals surface area (Å²) in [5.74, 6) is -1.05. The van der Waals surface area contributed by atoms with E-state index in [0.717, 1.165) is 0 Å². The van der Waals surface area contributed by atoms with Gasteiger partial charge >= 0.3 is 0 Å². The van der Waals surface area contributed by atoms with Crippen LogP contribution in [0.1, 0.15) is 17.3 Å². The maximum atomic E-state index is 13.6. The first kappa shape index (κ1) is 14.3. The zero-order chi connectivity index (χ0) is 14.5. The second-order valence-electron chi connectivity index (χ2n) is 4.00. The predicted octanol–water partition coefficient (Wildman–Crippen LogP) is 3.56. The maximum absolute atomic E-state index is 13.6. The van der Waals surface area contributed by atoms with Gasteiger partial charge < -0.3 is 10.6 Å². The smallest absolute Gasteiger partial charge is 0.259 e. The van der Waals surface area contributed by atoms with Crippen LogP contribution in [0.2, 0.25) is 5.02 Å². The topological polar surface area (TPSA) is 54.0 Å². The number of carbonyl (C=O) groups is 1.